The van der Waals surface area contributed by atoms with Crippen molar-refractivity contribution in [2.45, 2.75) is 142 Å². The van der Waals surface area contributed by atoms with E-state index < -0.39 is 0 Å². The summed E-state index contributed by atoms with van der Waals surface area (Å²) >= 11 is 0. The summed E-state index contributed by atoms with van der Waals surface area (Å²) in [6.07, 6.45) is 9.57. The Morgan fingerprint density at radius 1 is 0.236 bits per heavy atom. The van der Waals surface area contributed by atoms with E-state index in [1.54, 1.807) is 0 Å². The highest BCUT2D eigenvalue weighted by atomic mass is 15.0. The van der Waals surface area contributed by atoms with Crippen molar-refractivity contribution in [3.05, 3.63) is 297 Å². The molecule has 10 nitrogen and oxygen atoms in total. The van der Waals surface area contributed by atoms with Crippen LogP contribution in [-0.4, -0.2) is 24.9 Å². The van der Waals surface area contributed by atoms with E-state index in [9.17, 15) is 0 Å². The van der Waals surface area contributed by atoms with Crippen LogP contribution in [0.15, 0.2) is 214 Å². The number of rotatable bonds is 8. The van der Waals surface area contributed by atoms with E-state index in [2.05, 4.69) is 385 Å². The molecule has 10 aromatic carbocycles. The van der Waals surface area contributed by atoms with Gasteiger partial charge in [-0.1, -0.05) is 172 Å². The monoisotopic (exact) mass is 1400 g/mol. The molecule has 15 aromatic rings. The summed E-state index contributed by atoms with van der Waals surface area (Å²) in [6.45, 7) is 39.1. The van der Waals surface area contributed by atoms with Crippen LogP contribution < -0.4 is 22.8 Å². The summed E-state index contributed by atoms with van der Waals surface area (Å²) in [5.41, 5.74) is 37.3. The number of nitrogens with zero attached hydrogens (tertiary/aromatic N) is 10. The van der Waals surface area contributed by atoms with Crippen molar-refractivity contribution in [2.24, 2.45) is 35.2 Å². The maximum atomic E-state index is 4.70. The molecule has 0 spiro atoms. The Morgan fingerprint density at radius 3 is 0.934 bits per heavy atom. The van der Waals surface area contributed by atoms with E-state index >= 15 is 0 Å². The van der Waals surface area contributed by atoms with Gasteiger partial charge in [-0.2, -0.15) is 0 Å². The highest BCUT2D eigenvalue weighted by Crippen LogP contribution is 2.36. The SMILES string of the molecule is Cc1ccc(C)c(-c2c3cc(C(C)C)ccc3nc[n+]2C)c1.Cc1ccc(C)c(-c2c3cc(C)ccc3nc[n+]2C)c1.Cc1ccc(C)c(-c2c3ccc(C(C)C)cc3nc[n+]2C)c1.Cc1ccc(C)c(-c2c3ccc(C)cc3nc[n+]2C)c1.Cc1ccc(C)c(-c2c3cccc(C(C)C)c3nc[n+]2C)c1. The van der Waals surface area contributed by atoms with Crippen molar-refractivity contribution < 1.29 is 22.8 Å². The van der Waals surface area contributed by atoms with Gasteiger partial charge in [-0.25, -0.2) is 22.8 Å². The van der Waals surface area contributed by atoms with E-state index in [0.29, 0.717) is 17.8 Å². The predicted octanol–water partition coefficient (Wildman–Crippen LogP) is 20.7. The minimum atomic E-state index is 0.468. The molecule has 0 saturated carbocycles. The number of fused-ring (bicyclic) bond motifs is 5. The van der Waals surface area contributed by atoms with Crippen LogP contribution in [0.2, 0.25) is 0 Å². The fourth-order valence-electron chi connectivity index (χ4n) is 14.3. The molecule has 536 valence electrons. The second-order valence-electron chi connectivity index (χ2n) is 30.4. The number of hydrogen-bond acceptors (Lipinski definition) is 5. The lowest BCUT2D eigenvalue weighted by molar-refractivity contribution is -0.662. The zero-order chi connectivity index (χ0) is 76.1. The van der Waals surface area contributed by atoms with Gasteiger partial charge in [0, 0.05) is 33.4 Å². The van der Waals surface area contributed by atoms with E-state index in [1.165, 1.54) is 167 Å². The molecule has 0 aliphatic rings. The third-order valence-electron chi connectivity index (χ3n) is 20.5. The Hall–Kier alpha value is -11.1. The lowest BCUT2D eigenvalue weighted by Crippen LogP contribution is -2.32. The molecular weight excluding hydrogens is 1290 g/mol. The minimum Gasteiger partial charge on any atom is -0.232 e. The highest BCUT2D eigenvalue weighted by molar-refractivity contribution is 5.96. The van der Waals surface area contributed by atoms with E-state index in [0.717, 1.165) is 27.6 Å². The van der Waals surface area contributed by atoms with Gasteiger partial charge in [0.2, 0.25) is 0 Å². The summed E-state index contributed by atoms with van der Waals surface area (Å²) in [4.78, 5) is 23.0. The van der Waals surface area contributed by atoms with Crippen LogP contribution in [0.25, 0.3) is 111 Å². The van der Waals surface area contributed by atoms with E-state index in [1.807, 2.05) is 31.6 Å². The Morgan fingerprint density at radius 2 is 0.528 bits per heavy atom. The Labute approximate surface area is 629 Å². The second kappa shape index (κ2) is 32.5. The van der Waals surface area contributed by atoms with Crippen LogP contribution in [-0.2, 0) is 35.2 Å². The number of para-hydroxylation sites is 1. The second-order valence-corrected chi connectivity index (χ2v) is 30.4. The largest absolute Gasteiger partial charge is 0.287 e. The molecule has 0 bridgehead atoms. The molecule has 0 amide bonds. The Kier molecular flexibility index (Phi) is 23.3. The van der Waals surface area contributed by atoms with Gasteiger partial charge >= 0.3 is 0 Å². The molecule has 0 radical (unpaired) electrons. The van der Waals surface area contributed by atoms with Gasteiger partial charge in [-0.3, -0.25) is 0 Å². The van der Waals surface area contributed by atoms with Gasteiger partial charge in [0.05, 0.1) is 62.2 Å². The first kappa shape index (κ1) is 76.0. The molecule has 0 aliphatic heterocycles. The summed E-state index contributed by atoms with van der Waals surface area (Å²) in [5, 5.41) is 6.08. The predicted molar refractivity (Wildman–Crippen MR) is 441 cm³/mol. The zero-order valence-corrected chi connectivity index (χ0v) is 66.9. The van der Waals surface area contributed by atoms with Crippen molar-refractivity contribution in [3.8, 4) is 56.3 Å². The number of hydrogen-bond donors (Lipinski definition) is 0. The maximum absolute atomic E-state index is 4.70. The zero-order valence-electron chi connectivity index (χ0n) is 66.9. The molecule has 15 rings (SSSR count). The number of aromatic nitrogens is 10. The third kappa shape index (κ3) is 16.7. The topological polar surface area (TPSA) is 83.8 Å². The first-order valence-corrected chi connectivity index (χ1v) is 37.3. The average molecular weight is 1400 g/mol. The lowest BCUT2D eigenvalue weighted by Gasteiger charge is -2.12. The number of benzene rings is 10. The van der Waals surface area contributed by atoms with Gasteiger partial charge in [0.1, 0.15) is 28.5 Å². The van der Waals surface area contributed by atoms with Crippen LogP contribution in [0.3, 0.4) is 0 Å². The average Bonchev–Trinajstić information content (AvgIpc) is 0.791. The van der Waals surface area contributed by atoms with Crippen LogP contribution in [0.4, 0.5) is 0 Å². The van der Waals surface area contributed by atoms with Crippen molar-refractivity contribution >= 4 is 54.5 Å². The normalized spacial score (nSPS) is 11.2. The molecule has 0 saturated heterocycles. The van der Waals surface area contributed by atoms with Gasteiger partial charge in [0.25, 0.3) is 31.6 Å². The van der Waals surface area contributed by atoms with Gasteiger partial charge in [-0.05, 0) is 255 Å². The van der Waals surface area contributed by atoms with Crippen LogP contribution >= 0.6 is 0 Å². The molecule has 10 heteroatoms. The molecule has 0 N–H and O–H groups in total. The smallest absolute Gasteiger partial charge is 0.232 e. The standard InChI is InChI=1S/3C20H23N2.2C18H19N2/c1-13(2)16-8-9-19-18(11-16)20(22(5)12-21-19)17-10-14(3)6-7-15(17)4;1-13(2)16-8-9-17-19(11-16)21-12-22(5)20(17)18-10-14(3)6-7-15(18)4;1-13(2)16-7-6-8-17-19(16)21-12-22(5)20(17)18-11-14(3)9-10-15(18)4;1-12-5-7-14(3)15(9-12)18-16-10-13(2)6-8-17(16)19-11-20(18)4;1-12-5-7-14(3)16(9-12)18-15-8-6-13(2)10-17(15)19-11-20(18)4/h3*6-13H,1-5H3;2*5-11H,1-4H3/q5*+1. The first-order valence-electron chi connectivity index (χ1n) is 37.3. The van der Waals surface area contributed by atoms with Gasteiger partial charge in [-0.15, -0.1) is 0 Å². The quantitative estimate of drug-likeness (QED) is 0.142. The molecule has 5 heterocycles. The van der Waals surface area contributed by atoms with Crippen LogP contribution in [0.1, 0.15) is 143 Å². The highest BCUT2D eigenvalue weighted by Gasteiger charge is 2.24. The molecule has 0 aliphatic carbocycles. The summed E-state index contributed by atoms with van der Waals surface area (Å²) < 4.78 is 10.6. The van der Waals surface area contributed by atoms with E-state index in [-0.39, 0.29) is 0 Å². The minimum absolute atomic E-state index is 0.468. The molecule has 5 aromatic heterocycles. The van der Waals surface area contributed by atoms with Crippen molar-refractivity contribution in [2.75, 3.05) is 0 Å². The summed E-state index contributed by atoms with van der Waals surface area (Å²) in [6, 6.07) is 65.8. The molecule has 106 heavy (non-hydrogen) atoms. The first-order chi connectivity index (χ1) is 50.5. The third-order valence-corrected chi connectivity index (χ3v) is 20.5. The Balaban J connectivity index is 0.000000132. The number of aryl methyl sites for hydroxylation is 17. The Bertz CT molecular complexity index is 5730. The van der Waals surface area contributed by atoms with Crippen LogP contribution in [0, 0.1) is 83.1 Å². The van der Waals surface area contributed by atoms with Crippen LogP contribution in [0.5, 0.6) is 0 Å². The summed E-state index contributed by atoms with van der Waals surface area (Å²) in [5.74, 6) is 1.50. The van der Waals surface area contributed by atoms with E-state index in [4.69, 9.17) is 4.98 Å². The molecule has 0 fully saturated rings. The van der Waals surface area contributed by atoms with Crippen molar-refractivity contribution in [3.63, 3.8) is 0 Å². The maximum Gasteiger partial charge on any atom is 0.287 e. The molecule has 0 unspecified atom stereocenters. The van der Waals surface area contributed by atoms with Gasteiger partial charge < -0.3 is 0 Å². The van der Waals surface area contributed by atoms with Crippen molar-refractivity contribution in [1.82, 2.24) is 24.9 Å². The van der Waals surface area contributed by atoms with Gasteiger partial charge in [0.15, 0.2) is 27.6 Å². The molecular formula is C96H107N10+5. The lowest BCUT2D eigenvalue weighted by atomic mass is 9.95. The summed E-state index contributed by atoms with van der Waals surface area (Å²) in [7, 11) is 10.3. The fraction of sp³-hybridized carbons (Fsp3) is 0.271. The fourth-order valence-corrected chi connectivity index (χ4v) is 14.3. The van der Waals surface area contributed by atoms with Crippen molar-refractivity contribution in [1.29, 1.82) is 0 Å². The molecule has 0 atom stereocenters.